The smallest absolute Gasteiger partial charge is 0.387 e. The van der Waals surface area contributed by atoms with E-state index in [9.17, 15) is 18.7 Å². The summed E-state index contributed by atoms with van der Waals surface area (Å²) in [6.07, 6.45) is 0. The highest BCUT2D eigenvalue weighted by molar-refractivity contribution is 6.06. The van der Waals surface area contributed by atoms with Gasteiger partial charge < -0.3 is 15.2 Å². The Kier molecular flexibility index (Phi) is 4.37. The minimum absolute atomic E-state index is 0.00130. The van der Waals surface area contributed by atoms with Gasteiger partial charge in [0.2, 0.25) is 0 Å². The van der Waals surface area contributed by atoms with Crippen molar-refractivity contribution in [1.82, 2.24) is 0 Å². The molecule has 2 N–H and O–H groups in total. The van der Waals surface area contributed by atoms with Gasteiger partial charge in [0.15, 0.2) is 0 Å². The first-order valence-electron chi connectivity index (χ1n) is 6.11. The molecule has 0 saturated carbocycles. The number of rotatable bonds is 4. The lowest BCUT2D eigenvalue weighted by Gasteiger charge is -2.09. The summed E-state index contributed by atoms with van der Waals surface area (Å²) in [6, 6.07) is 10.2. The number of alkyl halides is 2. The summed E-state index contributed by atoms with van der Waals surface area (Å²) in [5.74, 6) is -0.615. The number of aromatic hydroxyl groups is 1. The number of carbonyl (C=O) groups excluding carboxylic acids is 1. The Balaban J connectivity index is 2.10. The van der Waals surface area contributed by atoms with E-state index in [4.69, 9.17) is 0 Å². The molecule has 21 heavy (non-hydrogen) atoms. The number of aryl methyl sites for hydroxylation is 1. The molecule has 0 aromatic heterocycles. The van der Waals surface area contributed by atoms with Gasteiger partial charge in [-0.3, -0.25) is 4.79 Å². The SMILES string of the molecule is Cc1ccc(O)c(C(=O)Nc2ccc(OC(F)F)cc2)c1. The first kappa shape index (κ1) is 14.8. The van der Waals surface area contributed by atoms with E-state index in [1.54, 1.807) is 19.1 Å². The second-order valence-electron chi connectivity index (χ2n) is 4.38. The highest BCUT2D eigenvalue weighted by atomic mass is 19.3. The highest BCUT2D eigenvalue weighted by Gasteiger charge is 2.12. The number of hydrogen-bond donors (Lipinski definition) is 2. The maximum atomic E-state index is 12.0. The Morgan fingerprint density at radius 2 is 1.86 bits per heavy atom. The Hall–Kier alpha value is -2.63. The molecule has 0 radical (unpaired) electrons. The summed E-state index contributed by atoms with van der Waals surface area (Å²) in [5.41, 5.74) is 1.38. The van der Waals surface area contributed by atoms with E-state index < -0.39 is 12.5 Å². The van der Waals surface area contributed by atoms with Gasteiger partial charge in [0.25, 0.3) is 5.91 Å². The minimum atomic E-state index is -2.89. The van der Waals surface area contributed by atoms with Gasteiger partial charge in [-0.15, -0.1) is 0 Å². The van der Waals surface area contributed by atoms with E-state index in [1.165, 1.54) is 30.3 Å². The van der Waals surface area contributed by atoms with Gasteiger partial charge in [-0.05, 0) is 43.3 Å². The maximum absolute atomic E-state index is 12.0. The van der Waals surface area contributed by atoms with Gasteiger partial charge in [-0.25, -0.2) is 0 Å². The van der Waals surface area contributed by atoms with Crippen LogP contribution in [0, 0.1) is 6.92 Å². The van der Waals surface area contributed by atoms with Crippen LogP contribution < -0.4 is 10.1 Å². The zero-order chi connectivity index (χ0) is 15.4. The molecule has 2 aromatic carbocycles. The first-order chi connectivity index (χ1) is 9.95. The Bertz CT molecular complexity index is 642. The molecule has 6 heteroatoms. The topological polar surface area (TPSA) is 58.6 Å². The zero-order valence-electron chi connectivity index (χ0n) is 11.1. The van der Waals surface area contributed by atoms with Gasteiger partial charge in [-0.1, -0.05) is 11.6 Å². The van der Waals surface area contributed by atoms with Crippen molar-refractivity contribution in [3.05, 3.63) is 53.6 Å². The molecule has 110 valence electrons. The number of phenols is 1. The Labute approximate surface area is 120 Å². The van der Waals surface area contributed by atoms with Gasteiger partial charge >= 0.3 is 6.61 Å². The summed E-state index contributed by atoms with van der Waals surface area (Å²) >= 11 is 0. The van der Waals surface area contributed by atoms with Crippen LogP contribution in [-0.2, 0) is 0 Å². The molecular weight excluding hydrogens is 280 g/mol. The molecule has 0 fully saturated rings. The highest BCUT2D eigenvalue weighted by Crippen LogP contribution is 2.21. The zero-order valence-corrected chi connectivity index (χ0v) is 11.1. The molecule has 4 nitrogen and oxygen atoms in total. The number of anilines is 1. The second kappa shape index (κ2) is 6.21. The van der Waals surface area contributed by atoms with Crippen LogP contribution in [0.3, 0.4) is 0 Å². The van der Waals surface area contributed by atoms with Crippen LogP contribution in [0.4, 0.5) is 14.5 Å². The van der Waals surface area contributed by atoms with E-state index in [0.717, 1.165) is 5.56 Å². The normalized spacial score (nSPS) is 10.5. The fourth-order valence-corrected chi connectivity index (χ4v) is 1.75. The molecule has 0 aliphatic rings. The predicted molar refractivity (Wildman–Crippen MR) is 73.9 cm³/mol. The standard InChI is InChI=1S/C15H13F2NO3/c1-9-2-7-13(19)12(8-9)14(20)18-10-3-5-11(6-4-10)21-15(16)17/h2-8,15,19H,1H3,(H,18,20). The number of ether oxygens (including phenoxy) is 1. The number of halogens is 2. The van der Waals surface area contributed by atoms with Crippen LogP contribution in [0.5, 0.6) is 11.5 Å². The molecule has 2 aromatic rings. The average molecular weight is 293 g/mol. The number of amides is 1. The number of benzene rings is 2. The van der Waals surface area contributed by atoms with Crippen LogP contribution in [0.2, 0.25) is 0 Å². The molecule has 0 bridgehead atoms. The van der Waals surface area contributed by atoms with Crippen molar-refractivity contribution in [3.8, 4) is 11.5 Å². The fraction of sp³-hybridized carbons (Fsp3) is 0.133. The third-order valence-corrected chi connectivity index (χ3v) is 2.73. The molecule has 2 rings (SSSR count). The minimum Gasteiger partial charge on any atom is -0.507 e. The largest absolute Gasteiger partial charge is 0.507 e. The molecule has 0 unspecified atom stereocenters. The van der Waals surface area contributed by atoms with E-state index >= 15 is 0 Å². The maximum Gasteiger partial charge on any atom is 0.387 e. The monoisotopic (exact) mass is 293 g/mol. The number of phenolic OH excluding ortho intramolecular Hbond substituents is 1. The van der Waals surface area contributed by atoms with E-state index in [2.05, 4.69) is 10.1 Å². The van der Waals surface area contributed by atoms with E-state index in [0.29, 0.717) is 5.69 Å². The fourth-order valence-electron chi connectivity index (χ4n) is 1.75. The molecule has 0 saturated heterocycles. The lowest BCUT2D eigenvalue weighted by Crippen LogP contribution is -2.12. The van der Waals surface area contributed by atoms with Crippen molar-refractivity contribution in [3.63, 3.8) is 0 Å². The van der Waals surface area contributed by atoms with Crippen LogP contribution >= 0.6 is 0 Å². The van der Waals surface area contributed by atoms with Crippen molar-refractivity contribution in [2.75, 3.05) is 5.32 Å². The Morgan fingerprint density at radius 1 is 1.19 bits per heavy atom. The third kappa shape index (κ3) is 3.92. The molecule has 0 aliphatic carbocycles. The van der Waals surface area contributed by atoms with Crippen molar-refractivity contribution in [2.45, 2.75) is 13.5 Å². The van der Waals surface area contributed by atoms with Crippen molar-refractivity contribution in [2.24, 2.45) is 0 Å². The van der Waals surface area contributed by atoms with Crippen molar-refractivity contribution < 1.29 is 23.4 Å². The van der Waals surface area contributed by atoms with Crippen LogP contribution in [0.25, 0.3) is 0 Å². The second-order valence-corrected chi connectivity index (χ2v) is 4.38. The average Bonchev–Trinajstić information content (AvgIpc) is 2.43. The summed E-state index contributed by atoms with van der Waals surface area (Å²) in [7, 11) is 0. The van der Waals surface area contributed by atoms with Crippen LogP contribution in [0.1, 0.15) is 15.9 Å². The van der Waals surface area contributed by atoms with E-state index in [-0.39, 0.29) is 17.1 Å². The molecule has 0 spiro atoms. The van der Waals surface area contributed by atoms with Crippen molar-refractivity contribution >= 4 is 11.6 Å². The summed E-state index contributed by atoms with van der Waals surface area (Å²) in [6.45, 7) is -1.10. The quantitative estimate of drug-likeness (QED) is 0.906. The summed E-state index contributed by atoms with van der Waals surface area (Å²) in [5, 5.41) is 12.2. The third-order valence-electron chi connectivity index (χ3n) is 2.73. The molecule has 1 amide bonds. The molecule has 0 atom stereocenters. The van der Waals surface area contributed by atoms with Gasteiger partial charge in [0.05, 0.1) is 5.56 Å². The summed E-state index contributed by atoms with van der Waals surface area (Å²) in [4.78, 5) is 12.0. The predicted octanol–water partition coefficient (Wildman–Crippen LogP) is 3.55. The summed E-state index contributed by atoms with van der Waals surface area (Å²) < 4.78 is 28.2. The molecular formula is C15H13F2NO3. The molecule has 0 aliphatic heterocycles. The lowest BCUT2D eigenvalue weighted by molar-refractivity contribution is -0.0498. The van der Waals surface area contributed by atoms with E-state index in [1.807, 2.05) is 0 Å². The molecule has 0 heterocycles. The van der Waals surface area contributed by atoms with Gasteiger partial charge in [-0.2, -0.15) is 8.78 Å². The Morgan fingerprint density at radius 3 is 2.48 bits per heavy atom. The number of nitrogens with one attached hydrogen (secondary N) is 1. The van der Waals surface area contributed by atoms with Gasteiger partial charge in [0.1, 0.15) is 11.5 Å². The number of carbonyl (C=O) groups is 1. The first-order valence-corrected chi connectivity index (χ1v) is 6.11. The number of hydrogen-bond acceptors (Lipinski definition) is 3. The van der Waals surface area contributed by atoms with Crippen molar-refractivity contribution in [1.29, 1.82) is 0 Å². The lowest BCUT2D eigenvalue weighted by atomic mass is 10.1. The van der Waals surface area contributed by atoms with Crippen LogP contribution in [0.15, 0.2) is 42.5 Å². The van der Waals surface area contributed by atoms with Crippen LogP contribution in [-0.4, -0.2) is 17.6 Å². The van der Waals surface area contributed by atoms with Gasteiger partial charge in [0, 0.05) is 5.69 Å².